The Balaban J connectivity index is 1.58. The van der Waals surface area contributed by atoms with Crippen molar-refractivity contribution < 1.29 is 0 Å². The Morgan fingerprint density at radius 3 is 1.36 bits per heavy atom. The van der Waals surface area contributed by atoms with E-state index in [1.165, 1.54) is 0 Å². The lowest BCUT2D eigenvalue weighted by Crippen LogP contribution is -1.95. The number of H-pyrrole nitrogens is 3. The van der Waals surface area contributed by atoms with E-state index in [1.54, 1.807) is 0 Å². The van der Waals surface area contributed by atoms with Crippen molar-refractivity contribution >= 4 is 91.7 Å². The van der Waals surface area contributed by atoms with Gasteiger partial charge in [0.1, 0.15) is 0 Å². The van der Waals surface area contributed by atoms with E-state index in [-0.39, 0.29) is 0 Å². The highest BCUT2D eigenvalue weighted by Crippen LogP contribution is 2.42. The number of benzene rings is 3. The number of rotatable bonds is 4. The lowest BCUT2D eigenvalue weighted by molar-refractivity contribution is 1.07. The predicted octanol–water partition coefficient (Wildman–Crippen LogP) is 11.8. The van der Waals surface area contributed by atoms with Gasteiger partial charge in [0.05, 0.1) is 42.5 Å². The molecular formula is C38H25Cl4N5. The number of aromatic nitrogens is 4. The van der Waals surface area contributed by atoms with E-state index in [1.807, 2.05) is 91.0 Å². The molecule has 5 N–H and O–H groups in total. The van der Waals surface area contributed by atoms with E-state index in [0.717, 1.165) is 77.9 Å². The summed E-state index contributed by atoms with van der Waals surface area (Å²) >= 11 is 27.4. The summed E-state index contributed by atoms with van der Waals surface area (Å²) in [5.74, 6) is 0. The van der Waals surface area contributed by atoms with Gasteiger partial charge < -0.3 is 20.7 Å². The summed E-state index contributed by atoms with van der Waals surface area (Å²) in [5, 5.41) is 2.14. The van der Waals surface area contributed by atoms with Crippen LogP contribution in [0.4, 0.5) is 0 Å². The third-order valence-corrected chi connectivity index (χ3v) is 9.74. The zero-order chi connectivity index (χ0) is 32.2. The fourth-order valence-electron chi connectivity index (χ4n) is 6.26. The molecule has 0 spiro atoms. The highest BCUT2D eigenvalue weighted by atomic mass is 35.5. The number of nitrogens with two attached hydrogens (primary N) is 1. The van der Waals surface area contributed by atoms with Crippen molar-refractivity contribution in [1.29, 1.82) is 0 Å². The van der Waals surface area contributed by atoms with Gasteiger partial charge in [-0.05, 0) is 83.9 Å². The second-order valence-electron chi connectivity index (χ2n) is 11.3. The van der Waals surface area contributed by atoms with Gasteiger partial charge >= 0.3 is 0 Å². The molecule has 7 aromatic rings. The molecule has 0 saturated carbocycles. The second-order valence-corrected chi connectivity index (χ2v) is 12.9. The average Bonchev–Trinajstić information content (AvgIpc) is 3.89. The number of nitrogens with zero attached hydrogens (tertiary/aromatic N) is 1. The van der Waals surface area contributed by atoms with E-state index in [9.17, 15) is 0 Å². The Bertz CT molecular complexity index is 2460. The molecule has 0 atom stereocenters. The van der Waals surface area contributed by atoms with Crippen molar-refractivity contribution in [1.82, 2.24) is 19.9 Å². The largest absolute Gasteiger partial charge is 0.354 e. The first-order valence-corrected chi connectivity index (χ1v) is 16.4. The molecule has 8 rings (SSSR count). The smallest absolute Gasteiger partial charge is 0.0738 e. The van der Waals surface area contributed by atoms with Gasteiger partial charge in [-0.15, -0.1) is 0 Å². The van der Waals surface area contributed by atoms with Crippen LogP contribution in [0.15, 0.2) is 97.1 Å². The van der Waals surface area contributed by atoms with Crippen molar-refractivity contribution in [2.24, 2.45) is 5.73 Å². The van der Waals surface area contributed by atoms with Gasteiger partial charge in [-0.25, -0.2) is 4.98 Å². The first kappa shape index (κ1) is 29.9. The highest BCUT2D eigenvalue weighted by molar-refractivity contribution is 6.40. The Morgan fingerprint density at radius 2 is 0.851 bits per heavy atom. The van der Waals surface area contributed by atoms with Gasteiger partial charge in [0.15, 0.2) is 0 Å². The van der Waals surface area contributed by atoms with Crippen molar-refractivity contribution in [2.75, 3.05) is 0 Å². The summed E-state index contributed by atoms with van der Waals surface area (Å²) < 4.78 is 0. The monoisotopic (exact) mass is 691 g/mol. The normalized spacial score (nSPS) is 11.9. The van der Waals surface area contributed by atoms with Crippen LogP contribution in [0.2, 0.25) is 20.1 Å². The van der Waals surface area contributed by atoms with Gasteiger partial charge in [-0.2, -0.15) is 0 Å². The van der Waals surface area contributed by atoms with E-state index in [4.69, 9.17) is 57.1 Å². The van der Waals surface area contributed by atoms with Crippen molar-refractivity contribution in [3.8, 4) is 33.4 Å². The number of hydrogen-bond acceptors (Lipinski definition) is 2. The Hall–Kier alpha value is -4.49. The fraction of sp³-hybridized carbons (Fsp3) is 0.0263. The van der Waals surface area contributed by atoms with E-state index < -0.39 is 0 Å². The molecule has 0 saturated heterocycles. The minimum absolute atomic E-state index is 0.450. The molecule has 8 bridgehead atoms. The molecule has 0 amide bonds. The summed E-state index contributed by atoms with van der Waals surface area (Å²) in [4.78, 5) is 16.1. The molecule has 230 valence electrons. The zero-order valence-electron chi connectivity index (χ0n) is 24.6. The SMILES string of the molecule is NCc1ccc(-c2c3nc(c(-c4c(Cl)cccc4Cl)c4ccc([nH]4)c4ccc([nH]4)c(-c4c(Cl)cccc4Cl)c4ccc2[nH]4)C=C3)cc1. The maximum atomic E-state index is 6.84. The maximum absolute atomic E-state index is 6.84. The minimum atomic E-state index is 0.450. The fourth-order valence-corrected chi connectivity index (χ4v) is 7.43. The number of halogens is 4. The van der Waals surface area contributed by atoms with E-state index >= 15 is 0 Å². The van der Waals surface area contributed by atoms with Gasteiger partial charge in [0.2, 0.25) is 0 Å². The van der Waals surface area contributed by atoms with Crippen LogP contribution in [0, 0.1) is 0 Å². The van der Waals surface area contributed by atoms with Crippen LogP contribution in [0.25, 0.3) is 78.6 Å². The molecule has 47 heavy (non-hydrogen) atoms. The summed E-state index contributed by atoms with van der Waals surface area (Å²) in [6.45, 7) is 0.450. The summed E-state index contributed by atoms with van der Waals surface area (Å²) in [7, 11) is 0. The zero-order valence-corrected chi connectivity index (χ0v) is 27.7. The number of hydrogen-bond donors (Lipinski definition) is 4. The molecule has 9 heteroatoms. The molecule has 0 unspecified atom stereocenters. The van der Waals surface area contributed by atoms with Crippen molar-refractivity contribution in [3.05, 3.63) is 134 Å². The van der Waals surface area contributed by atoms with Crippen LogP contribution in [-0.2, 0) is 6.54 Å². The molecular weight excluding hydrogens is 668 g/mol. The molecule has 0 aliphatic carbocycles. The van der Waals surface area contributed by atoms with E-state index in [0.29, 0.717) is 32.2 Å². The molecule has 5 heterocycles. The van der Waals surface area contributed by atoms with Gasteiger partial charge in [-0.1, -0.05) is 82.8 Å². The van der Waals surface area contributed by atoms with Crippen LogP contribution in [0.5, 0.6) is 0 Å². The standard InChI is InChI=1S/C38H25Cl4N5/c39-22-3-1-4-23(40)35(22)37-30-13-11-26(44-30)27-12-14-31(45-27)38(36-24(41)5-2-6-25(36)42)33-18-16-29(47-33)34(28-15-17-32(37)46-28)21-9-7-20(19-43)8-10-21/h1-18,44-46H,19,43H2. The van der Waals surface area contributed by atoms with Crippen molar-refractivity contribution in [2.45, 2.75) is 6.54 Å². The molecule has 0 radical (unpaired) electrons. The van der Waals surface area contributed by atoms with Crippen LogP contribution < -0.4 is 5.73 Å². The number of aromatic amines is 3. The number of fused-ring (bicyclic) bond motifs is 9. The molecule has 0 fully saturated rings. The topological polar surface area (TPSA) is 86.3 Å². The summed E-state index contributed by atoms with van der Waals surface area (Å²) in [5.41, 5.74) is 18.5. The van der Waals surface area contributed by atoms with Crippen LogP contribution >= 0.6 is 46.4 Å². The third-order valence-electron chi connectivity index (χ3n) is 8.48. The van der Waals surface area contributed by atoms with Gasteiger partial charge in [0, 0.05) is 56.4 Å². The van der Waals surface area contributed by atoms with Crippen molar-refractivity contribution in [3.63, 3.8) is 0 Å². The Kier molecular flexibility index (Phi) is 7.60. The van der Waals surface area contributed by atoms with Crippen LogP contribution in [0.3, 0.4) is 0 Å². The van der Waals surface area contributed by atoms with Crippen LogP contribution in [-0.4, -0.2) is 19.9 Å². The highest BCUT2D eigenvalue weighted by Gasteiger charge is 2.20. The molecule has 3 aromatic carbocycles. The maximum Gasteiger partial charge on any atom is 0.0738 e. The van der Waals surface area contributed by atoms with Gasteiger partial charge in [-0.3, -0.25) is 0 Å². The number of nitrogens with one attached hydrogen (secondary N) is 3. The minimum Gasteiger partial charge on any atom is -0.354 e. The molecule has 4 aromatic heterocycles. The second kappa shape index (κ2) is 11.9. The summed E-state index contributed by atoms with van der Waals surface area (Å²) in [6.07, 6.45) is 4.02. The average molecular weight is 693 g/mol. The van der Waals surface area contributed by atoms with Gasteiger partial charge in [0.25, 0.3) is 0 Å². The third kappa shape index (κ3) is 5.21. The Morgan fingerprint density at radius 1 is 0.447 bits per heavy atom. The molecule has 1 aliphatic heterocycles. The first-order chi connectivity index (χ1) is 22.9. The quantitative estimate of drug-likeness (QED) is 0.148. The lowest BCUT2D eigenvalue weighted by atomic mass is 10.0. The lowest BCUT2D eigenvalue weighted by Gasteiger charge is -2.09. The predicted molar refractivity (Wildman–Crippen MR) is 199 cm³/mol. The van der Waals surface area contributed by atoms with E-state index in [2.05, 4.69) is 33.2 Å². The first-order valence-electron chi connectivity index (χ1n) is 14.9. The molecule has 5 nitrogen and oxygen atoms in total. The Labute approximate surface area is 290 Å². The summed E-state index contributed by atoms with van der Waals surface area (Å²) in [6, 6.07) is 31.5. The molecule has 1 aliphatic rings. The van der Waals surface area contributed by atoms with Crippen LogP contribution in [0.1, 0.15) is 17.0 Å².